The van der Waals surface area contributed by atoms with Crippen molar-refractivity contribution in [3.05, 3.63) is 58.9 Å². The van der Waals surface area contributed by atoms with Crippen LogP contribution in [-0.4, -0.2) is 10.4 Å². The summed E-state index contributed by atoms with van der Waals surface area (Å²) in [6.07, 6.45) is 2.28. The Balaban J connectivity index is 2.14. The van der Waals surface area contributed by atoms with Crippen LogP contribution in [0.3, 0.4) is 0 Å². The van der Waals surface area contributed by atoms with Crippen LogP contribution in [-0.2, 0) is 13.5 Å². The van der Waals surface area contributed by atoms with Gasteiger partial charge in [-0.15, -0.1) is 0 Å². The molecule has 3 heteroatoms. The standard InChI is InChI=1S/C13H12ClNO/c1-15-8-2-3-12(15)13(16)9-10-4-6-11(14)7-5-10/h2-8H,9H2,1H3. The van der Waals surface area contributed by atoms with Gasteiger partial charge in [0.25, 0.3) is 0 Å². The third-order valence-corrected chi connectivity index (χ3v) is 2.76. The minimum atomic E-state index is 0.120. The van der Waals surface area contributed by atoms with E-state index in [2.05, 4.69) is 0 Å². The van der Waals surface area contributed by atoms with Crippen LogP contribution >= 0.6 is 11.6 Å². The van der Waals surface area contributed by atoms with Crippen LogP contribution in [0.15, 0.2) is 42.6 Å². The molecular formula is C13H12ClNO. The lowest BCUT2D eigenvalue weighted by molar-refractivity contribution is 0.0985. The molecule has 1 aromatic heterocycles. The van der Waals surface area contributed by atoms with Crippen LogP contribution in [0.4, 0.5) is 0 Å². The Morgan fingerprint density at radius 1 is 1.25 bits per heavy atom. The predicted molar refractivity (Wildman–Crippen MR) is 64.9 cm³/mol. The van der Waals surface area contributed by atoms with E-state index in [1.54, 1.807) is 12.1 Å². The van der Waals surface area contributed by atoms with Crippen molar-refractivity contribution in [2.75, 3.05) is 0 Å². The van der Waals surface area contributed by atoms with Crippen molar-refractivity contribution in [2.45, 2.75) is 6.42 Å². The van der Waals surface area contributed by atoms with Crippen molar-refractivity contribution in [3.63, 3.8) is 0 Å². The second-order valence-electron chi connectivity index (χ2n) is 3.73. The third-order valence-electron chi connectivity index (χ3n) is 2.51. The zero-order chi connectivity index (χ0) is 11.5. The SMILES string of the molecule is Cn1cccc1C(=O)Cc1ccc(Cl)cc1. The van der Waals surface area contributed by atoms with E-state index in [4.69, 9.17) is 11.6 Å². The van der Waals surface area contributed by atoms with Crippen LogP contribution in [0, 0.1) is 0 Å². The molecule has 1 aromatic carbocycles. The van der Waals surface area contributed by atoms with Crippen LogP contribution < -0.4 is 0 Å². The van der Waals surface area contributed by atoms with Gasteiger partial charge >= 0.3 is 0 Å². The molecule has 0 fully saturated rings. The molecule has 0 aliphatic carbocycles. The second-order valence-corrected chi connectivity index (χ2v) is 4.17. The summed E-state index contributed by atoms with van der Waals surface area (Å²) in [5.74, 6) is 0.120. The molecule has 0 spiro atoms. The van der Waals surface area contributed by atoms with Gasteiger partial charge in [0.05, 0.1) is 5.69 Å². The quantitative estimate of drug-likeness (QED) is 0.747. The average molecular weight is 234 g/mol. The van der Waals surface area contributed by atoms with Crippen LogP contribution in [0.2, 0.25) is 5.02 Å². The second kappa shape index (κ2) is 4.54. The van der Waals surface area contributed by atoms with Crippen LogP contribution in [0.5, 0.6) is 0 Å². The van der Waals surface area contributed by atoms with Gasteiger partial charge in [0, 0.05) is 24.7 Å². The Kier molecular flexibility index (Phi) is 3.11. The summed E-state index contributed by atoms with van der Waals surface area (Å²) < 4.78 is 1.83. The van der Waals surface area contributed by atoms with E-state index < -0.39 is 0 Å². The molecule has 0 bridgehead atoms. The van der Waals surface area contributed by atoms with E-state index in [-0.39, 0.29) is 5.78 Å². The number of hydrogen-bond donors (Lipinski definition) is 0. The lowest BCUT2D eigenvalue weighted by Gasteiger charge is -2.03. The Labute approximate surface area is 99.5 Å². The van der Waals surface area contributed by atoms with Crippen molar-refractivity contribution < 1.29 is 4.79 Å². The van der Waals surface area contributed by atoms with Gasteiger partial charge in [0.15, 0.2) is 5.78 Å². The monoisotopic (exact) mass is 233 g/mol. The van der Waals surface area contributed by atoms with E-state index >= 15 is 0 Å². The number of nitrogens with zero attached hydrogens (tertiary/aromatic N) is 1. The first-order valence-corrected chi connectivity index (χ1v) is 5.43. The zero-order valence-corrected chi connectivity index (χ0v) is 9.74. The van der Waals surface area contributed by atoms with Gasteiger partial charge in [-0.2, -0.15) is 0 Å². The number of Topliss-reactive ketones (excluding diaryl/α,β-unsaturated/α-hetero) is 1. The molecule has 2 rings (SSSR count). The van der Waals surface area contributed by atoms with Gasteiger partial charge in [-0.25, -0.2) is 0 Å². The lowest BCUT2D eigenvalue weighted by atomic mass is 10.1. The normalized spacial score (nSPS) is 10.4. The third kappa shape index (κ3) is 2.34. The molecule has 0 amide bonds. The summed E-state index contributed by atoms with van der Waals surface area (Å²) in [4.78, 5) is 11.9. The number of ketones is 1. The average Bonchev–Trinajstić information content (AvgIpc) is 2.68. The molecular weight excluding hydrogens is 222 g/mol. The largest absolute Gasteiger partial charge is 0.348 e. The van der Waals surface area contributed by atoms with E-state index in [1.807, 2.05) is 42.1 Å². The lowest BCUT2D eigenvalue weighted by Crippen LogP contribution is -2.08. The number of benzene rings is 1. The fraction of sp³-hybridized carbons (Fsp3) is 0.154. The number of halogens is 1. The molecule has 2 aromatic rings. The number of aromatic nitrogens is 1. The van der Waals surface area contributed by atoms with Crippen molar-refractivity contribution in [1.29, 1.82) is 0 Å². The molecule has 2 nitrogen and oxygen atoms in total. The van der Waals surface area contributed by atoms with Crippen molar-refractivity contribution >= 4 is 17.4 Å². The maximum Gasteiger partial charge on any atom is 0.183 e. The summed E-state index contributed by atoms with van der Waals surface area (Å²) >= 11 is 5.78. The molecule has 0 saturated heterocycles. The molecule has 0 N–H and O–H groups in total. The smallest absolute Gasteiger partial charge is 0.183 e. The summed E-state index contributed by atoms with van der Waals surface area (Å²) in [5.41, 5.74) is 1.71. The maximum atomic E-state index is 11.9. The molecule has 0 aliphatic heterocycles. The summed E-state index contributed by atoms with van der Waals surface area (Å²) in [5, 5.41) is 0.690. The van der Waals surface area contributed by atoms with Crippen molar-refractivity contribution in [2.24, 2.45) is 7.05 Å². The van der Waals surface area contributed by atoms with E-state index in [0.717, 1.165) is 11.3 Å². The number of aryl methyl sites for hydroxylation is 1. The van der Waals surface area contributed by atoms with Gasteiger partial charge < -0.3 is 4.57 Å². The van der Waals surface area contributed by atoms with Crippen molar-refractivity contribution in [3.8, 4) is 0 Å². The Morgan fingerprint density at radius 2 is 1.94 bits per heavy atom. The van der Waals surface area contributed by atoms with Gasteiger partial charge in [-0.1, -0.05) is 23.7 Å². The number of rotatable bonds is 3. The summed E-state index contributed by atoms with van der Waals surface area (Å²) in [7, 11) is 1.87. The van der Waals surface area contributed by atoms with E-state index in [0.29, 0.717) is 11.4 Å². The van der Waals surface area contributed by atoms with E-state index in [9.17, 15) is 4.79 Å². The Hall–Kier alpha value is -1.54. The predicted octanol–water partition coefficient (Wildman–Crippen LogP) is 3.10. The minimum Gasteiger partial charge on any atom is -0.348 e. The molecule has 0 unspecified atom stereocenters. The highest BCUT2D eigenvalue weighted by atomic mass is 35.5. The highest BCUT2D eigenvalue weighted by Crippen LogP contribution is 2.12. The van der Waals surface area contributed by atoms with Gasteiger partial charge in [0.2, 0.25) is 0 Å². The topological polar surface area (TPSA) is 22.0 Å². The zero-order valence-electron chi connectivity index (χ0n) is 8.98. The molecule has 0 radical (unpaired) electrons. The summed E-state index contributed by atoms with van der Waals surface area (Å²) in [6.45, 7) is 0. The molecule has 82 valence electrons. The number of hydrogen-bond acceptors (Lipinski definition) is 1. The van der Waals surface area contributed by atoms with Gasteiger partial charge in [0.1, 0.15) is 0 Å². The first-order chi connectivity index (χ1) is 7.66. The fourth-order valence-electron chi connectivity index (χ4n) is 1.63. The first kappa shape index (κ1) is 11.0. The fourth-order valence-corrected chi connectivity index (χ4v) is 1.75. The molecule has 0 aliphatic rings. The van der Waals surface area contributed by atoms with E-state index in [1.165, 1.54) is 0 Å². The molecule has 0 atom stereocenters. The van der Waals surface area contributed by atoms with Crippen molar-refractivity contribution in [1.82, 2.24) is 4.57 Å². The molecule has 1 heterocycles. The van der Waals surface area contributed by atoms with Gasteiger partial charge in [-0.05, 0) is 29.8 Å². The van der Waals surface area contributed by atoms with Gasteiger partial charge in [-0.3, -0.25) is 4.79 Å². The number of carbonyl (C=O) groups is 1. The minimum absolute atomic E-state index is 0.120. The Bertz CT molecular complexity index is 499. The highest BCUT2D eigenvalue weighted by molar-refractivity contribution is 6.30. The maximum absolute atomic E-state index is 11.9. The Morgan fingerprint density at radius 3 is 2.50 bits per heavy atom. The van der Waals surface area contributed by atoms with Crippen LogP contribution in [0.25, 0.3) is 0 Å². The first-order valence-electron chi connectivity index (χ1n) is 5.06. The highest BCUT2D eigenvalue weighted by Gasteiger charge is 2.09. The van der Waals surface area contributed by atoms with Crippen LogP contribution in [0.1, 0.15) is 16.1 Å². The molecule has 0 saturated carbocycles. The molecule has 16 heavy (non-hydrogen) atoms. The summed E-state index contributed by atoms with van der Waals surface area (Å²) in [6, 6.07) is 11.1. The number of carbonyl (C=O) groups excluding carboxylic acids is 1.